The molecule has 2 fully saturated rings. The van der Waals surface area contributed by atoms with E-state index >= 15 is 0 Å². The maximum atomic E-state index is 12.5. The SMILES string of the molecule is O=C(NC1CCCCC1)c1ccc(CN2CCN(Cc3ccccc3)CC2)cc1. The molecule has 2 aromatic rings. The number of rotatable bonds is 6. The maximum Gasteiger partial charge on any atom is 0.251 e. The van der Waals surface area contributed by atoms with Crippen molar-refractivity contribution in [3.8, 4) is 0 Å². The smallest absolute Gasteiger partial charge is 0.251 e. The summed E-state index contributed by atoms with van der Waals surface area (Å²) in [6.45, 7) is 6.41. The van der Waals surface area contributed by atoms with Gasteiger partial charge in [-0.3, -0.25) is 14.6 Å². The van der Waals surface area contributed by atoms with E-state index < -0.39 is 0 Å². The van der Waals surface area contributed by atoms with Crippen LogP contribution in [-0.2, 0) is 13.1 Å². The van der Waals surface area contributed by atoms with Gasteiger partial charge in [0.25, 0.3) is 5.91 Å². The Kier molecular flexibility index (Phi) is 6.96. The third-order valence-electron chi connectivity index (χ3n) is 6.28. The Bertz CT molecular complexity index is 760. The first kappa shape index (κ1) is 20.1. The highest BCUT2D eigenvalue weighted by Crippen LogP contribution is 2.18. The first-order valence-electron chi connectivity index (χ1n) is 11.1. The van der Waals surface area contributed by atoms with E-state index in [0.29, 0.717) is 6.04 Å². The molecular weight excluding hydrogens is 358 g/mol. The molecule has 29 heavy (non-hydrogen) atoms. The molecule has 0 aromatic heterocycles. The zero-order valence-electron chi connectivity index (χ0n) is 17.4. The molecule has 0 bridgehead atoms. The lowest BCUT2D eigenvalue weighted by Crippen LogP contribution is -2.45. The van der Waals surface area contributed by atoms with Gasteiger partial charge in [0, 0.05) is 50.9 Å². The second-order valence-electron chi connectivity index (χ2n) is 8.54. The zero-order chi connectivity index (χ0) is 19.9. The van der Waals surface area contributed by atoms with Gasteiger partial charge in [0.1, 0.15) is 0 Å². The largest absolute Gasteiger partial charge is 0.349 e. The average molecular weight is 392 g/mol. The van der Waals surface area contributed by atoms with Gasteiger partial charge in [-0.05, 0) is 36.1 Å². The van der Waals surface area contributed by atoms with E-state index in [1.807, 2.05) is 12.1 Å². The Labute approximate surface area is 174 Å². The second kappa shape index (κ2) is 10.0. The van der Waals surface area contributed by atoms with Crippen molar-refractivity contribution in [1.82, 2.24) is 15.1 Å². The van der Waals surface area contributed by atoms with E-state index in [4.69, 9.17) is 0 Å². The molecule has 0 atom stereocenters. The van der Waals surface area contributed by atoms with Crippen LogP contribution in [-0.4, -0.2) is 47.9 Å². The summed E-state index contributed by atoms with van der Waals surface area (Å²) in [6.07, 6.45) is 6.03. The Balaban J connectivity index is 1.22. The van der Waals surface area contributed by atoms with Crippen LogP contribution in [0.2, 0.25) is 0 Å². The summed E-state index contributed by atoms with van der Waals surface area (Å²) in [4.78, 5) is 17.5. The van der Waals surface area contributed by atoms with Gasteiger partial charge < -0.3 is 5.32 Å². The Morgan fingerprint density at radius 3 is 1.90 bits per heavy atom. The molecule has 2 aromatic carbocycles. The van der Waals surface area contributed by atoms with Gasteiger partial charge in [-0.15, -0.1) is 0 Å². The normalized spacial score (nSPS) is 19.2. The molecular formula is C25H33N3O. The van der Waals surface area contributed by atoms with Crippen molar-refractivity contribution in [2.45, 2.75) is 51.2 Å². The molecule has 1 aliphatic carbocycles. The predicted molar refractivity (Wildman–Crippen MR) is 118 cm³/mol. The maximum absolute atomic E-state index is 12.5. The van der Waals surface area contributed by atoms with Crippen molar-refractivity contribution in [1.29, 1.82) is 0 Å². The number of nitrogens with one attached hydrogen (secondary N) is 1. The first-order chi connectivity index (χ1) is 14.3. The molecule has 1 saturated heterocycles. The summed E-state index contributed by atoms with van der Waals surface area (Å²) < 4.78 is 0. The predicted octanol–water partition coefficient (Wildman–Crippen LogP) is 4.07. The van der Waals surface area contributed by atoms with Crippen LogP contribution in [0, 0.1) is 0 Å². The van der Waals surface area contributed by atoms with Crippen LogP contribution in [0.5, 0.6) is 0 Å². The van der Waals surface area contributed by atoms with Crippen LogP contribution in [0.4, 0.5) is 0 Å². The number of piperazine rings is 1. The van der Waals surface area contributed by atoms with Crippen molar-refractivity contribution >= 4 is 5.91 Å². The van der Waals surface area contributed by atoms with Crippen LogP contribution in [0.25, 0.3) is 0 Å². The summed E-state index contributed by atoms with van der Waals surface area (Å²) in [7, 11) is 0. The van der Waals surface area contributed by atoms with Crippen molar-refractivity contribution in [2.24, 2.45) is 0 Å². The zero-order valence-corrected chi connectivity index (χ0v) is 17.4. The van der Waals surface area contributed by atoms with Crippen LogP contribution in [0.1, 0.15) is 53.6 Å². The van der Waals surface area contributed by atoms with Crippen molar-refractivity contribution < 1.29 is 4.79 Å². The van der Waals surface area contributed by atoms with E-state index in [0.717, 1.165) is 57.7 Å². The third kappa shape index (κ3) is 5.91. The molecule has 0 unspecified atom stereocenters. The fourth-order valence-corrected chi connectivity index (χ4v) is 4.48. The number of hydrogen-bond acceptors (Lipinski definition) is 3. The molecule has 1 N–H and O–H groups in total. The van der Waals surface area contributed by atoms with Crippen LogP contribution in [0.15, 0.2) is 54.6 Å². The molecule has 0 radical (unpaired) electrons. The van der Waals surface area contributed by atoms with Crippen molar-refractivity contribution in [2.75, 3.05) is 26.2 Å². The molecule has 4 rings (SSSR count). The van der Waals surface area contributed by atoms with Gasteiger partial charge in [-0.25, -0.2) is 0 Å². The number of benzene rings is 2. The first-order valence-corrected chi connectivity index (χ1v) is 11.1. The standard InChI is InChI=1S/C25H33N3O/c29-25(26-24-9-5-2-6-10-24)23-13-11-22(12-14-23)20-28-17-15-27(16-18-28)19-21-7-3-1-4-8-21/h1,3-4,7-8,11-14,24H,2,5-6,9-10,15-20H2,(H,26,29). The fourth-order valence-electron chi connectivity index (χ4n) is 4.48. The molecule has 4 heteroatoms. The molecule has 0 spiro atoms. The lowest BCUT2D eigenvalue weighted by molar-refractivity contribution is 0.0927. The lowest BCUT2D eigenvalue weighted by atomic mass is 9.95. The van der Waals surface area contributed by atoms with E-state index in [-0.39, 0.29) is 5.91 Å². The minimum absolute atomic E-state index is 0.0815. The summed E-state index contributed by atoms with van der Waals surface area (Å²) in [5, 5.41) is 3.21. The van der Waals surface area contributed by atoms with Crippen molar-refractivity contribution in [3.05, 3.63) is 71.3 Å². The number of hydrogen-bond donors (Lipinski definition) is 1. The van der Waals surface area contributed by atoms with E-state index in [1.54, 1.807) is 0 Å². The summed E-state index contributed by atoms with van der Waals surface area (Å²) in [6, 6.07) is 19.3. The fraction of sp³-hybridized carbons (Fsp3) is 0.480. The van der Waals surface area contributed by atoms with Gasteiger partial charge in [0.2, 0.25) is 0 Å². The molecule has 1 saturated carbocycles. The highest BCUT2D eigenvalue weighted by atomic mass is 16.1. The monoisotopic (exact) mass is 391 g/mol. The molecule has 2 aliphatic rings. The Morgan fingerprint density at radius 1 is 0.759 bits per heavy atom. The van der Waals surface area contributed by atoms with Gasteiger partial charge >= 0.3 is 0 Å². The number of carbonyl (C=O) groups excluding carboxylic acids is 1. The molecule has 1 aliphatic heterocycles. The summed E-state index contributed by atoms with van der Waals surface area (Å²) in [5.74, 6) is 0.0815. The molecule has 1 heterocycles. The van der Waals surface area contributed by atoms with E-state index in [2.05, 4.69) is 57.6 Å². The van der Waals surface area contributed by atoms with Crippen molar-refractivity contribution in [3.63, 3.8) is 0 Å². The third-order valence-corrected chi connectivity index (χ3v) is 6.28. The highest BCUT2D eigenvalue weighted by Gasteiger charge is 2.18. The van der Waals surface area contributed by atoms with Gasteiger partial charge in [0.15, 0.2) is 0 Å². The number of nitrogens with zero attached hydrogens (tertiary/aromatic N) is 2. The molecule has 1 amide bonds. The Morgan fingerprint density at radius 2 is 1.31 bits per heavy atom. The van der Waals surface area contributed by atoms with Crippen LogP contribution >= 0.6 is 0 Å². The van der Waals surface area contributed by atoms with Gasteiger partial charge in [0.05, 0.1) is 0 Å². The minimum atomic E-state index is 0.0815. The number of amides is 1. The van der Waals surface area contributed by atoms with Gasteiger partial charge in [-0.2, -0.15) is 0 Å². The average Bonchev–Trinajstić information content (AvgIpc) is 2.77. The van der Waals surface area contributed by atoms with Gasteiger partial charge in [-0.1, -0.05) is 61.7 Å². The van der Waals surface area contributed by atoms with Crippen LogP contribution < -0.4 is 5.32 Å². The highest BCUT2D eigenvalue weighted by molar-refractivity contribution is 5.94. The topological polar surface area (TPSA) is 35.6 Å². The summed E-state index contributed by atoms with van der Waals surface area (Å²) in [5.41, 5.74) is 3.46. The summed E-state index contributed by atoms with van der Waals surface area (Å²) >= 11 is 0. The lowest BCUT2D eigenvalue weighted by Gasteiger charge is -2.34. The van der Waals surface area contributed by atoms with Crippen LogP contribution in [0.3, 0.4) is 0 Å². The van der Waals surface area contributed by atoms with E-state index in [1.165, 1.54) is 30.4 Å². The second-order valence-corrected chi connectivity index (χ2v) is 8.54. The number of carbonyl (C=O) groups is 1. The molecule has 154 valence electrons. The quantitative estimate of drug-likeness (QED) is 0.806. The molecule has 4 nitrogen and oxygen atoms in total. The Hall–Kier alpha value is -2.17. The minimum Gasteiger partial charge on any atom is -0.349 e. The van der Waals surface area contributed by atoms with E-state index in [9.17, 15) is 4.79 Å².